The number of nitrogens with one attached hydrogen (secondary N) is 2. The molecule has 1 fully saturated rings. The van der Waals surface area contributed by atoms with E-state index in [0.29, 0.717) is 51.8 Å². The predicted molar refractivity (Wildman–Crippen MR) is 146 cm³/mol. The minimum Gasteiger partial charge on any atom is -0.370 e. The Morgan fingerprint density at radius 3 is 1.82 bits per heavy atom. The van der Waals surface area contributed by atoms with E-state index < -0.39 is 23.6 Å². The van der Waals surface area contributed by atoms with Crippen LogP contribution in [0.15, 0.2) is 9.98 Å². The van der Waals surface area contributed by atoms with E-state index >= 15 is 0 Å². The van der Waals surface area contributed by atoms with Gasteiger partial charge in [-0.3, -0.25) is 29.2 Å². The lowest BCUT2D eigenvalue weighted by atomic mass is 9.88. The maximum absolute atomic E-state index is 13.4. The number of carbonyl (C=O) groups excluding carboxylic acids is 4. The average molecular weight is 539 g/mol. The summed E-state index contributed by atoms with van der Waals surface area (Å²) < 4.78 is 5.35. The summed E-state index contributed by atoms with van der Waals surface area (Å²) in [5, 5.41) is 5.54. The third-order valence-electron chi connectivity index (χ3n) is 6.12. The number of ketones is 2. The molecule has 2 amide bonds. The molecule has 0 bridgehead atoms. The second kappa shape index (κ2) is 15.9. The Kier molecular flexibility index (Phi) is 13.7. The van der Waals surface area contributed by atoms with E-state index in [9.17, 15) is 19.2 Å². The van der Waals surface area contributed by atoms with Crippen LogP contribution in [0, 0.1) is 11.8 Å². The normalized spacial score (nSPS) is 18.6. The molecule has 4 atom stereocenters. The van der Waals surface area contributed by atoms with Gasteiger partial charge in [-0.05, 0) is 44.9 Å². The van der Waals surface area contributed by atoms with Gasteiger partial charge in [-0.15, -0.1) is 0 Å². The van der Waals surface area contributed by atoms with E-state index in [2.05, 4.69) is 20.6 Å². The van der Waals surface area contributed by atoms with Crippen LogP contribution in [0.25, 0.3) is 0 Å². The van der Waals surface area contributed by atoms with Crippen molar-refractivity contribution in [2.75, 3.05) is 19.7 Å². The van der Waals surface area contributed by atoms with E-state index in [1.54, 1.807) is 0 Å². The molecule has 0 spiro atoms. The molecule has 1 aliphatic heterocycles. The molecular formula is C25H46N8O5. The van der Waals surface area contributed by atoms with Crippen LogP contribution in [-0.2, 0) is 23.9 Å². The SMILES string of the molecule is CC(=O)N[C@@H](CCCN=C(N)N)C(=O)C[C@@H](CC(C)C)C(=O)N[C@@H](CCCN=C(N)N)C(=O)C[C@@]1(C)CO1. The van der Waals surface area contributed by atoms with E-state index in [1.807, 2.05) is 20.8 Å². The molecule has 1 aliphatic rings. The Balaban J connectivity index is 2.95. The average Bonchev–Trinajstić information content (AvgIpc) is 3.52. The number of amides is 2. The van der Waals surface area contributed by atoms with Gasteiger partial charge in [0.15, 0.2) is 23.5 Å². The van der Waals surface area contributed by atoms with Crippen molar-refractivity contribution in [2.45, 2.75) is 90.3 Å². The van der Waals surface area contributed by atoms with Gasteiger partial charge in [0.1, 0.15) is 0 Å². The molecule has 0 aromatic heterocycles. The number of hydrogen-bond donors (Lipinski definition) is 6. The Morgan fingerprint density at radius 1 is 0.895 bits per heavy atom. The zero-order valence-corrected chi connectivity index (χ0v) is 23.1. The molecular weight excluding hydrogens is 492 g/mol. The van der Waals surface area contributed by atoms with Crippen LogP contribution in [0.3, 0.4) is 0 Å². The van der Waals surface area contributed by atoms with Gasteiger partial charge in [0.2, 0.25) is 11.8 Å². The molecule has 0 radical (unpaired) electrons. The summed E-state index contributed by atoms with van der Waals surface area (Å²) in [6.07, 6.45) is 2.17. The fraction of sp³-hybridized carbons (Fsp3) is 0.760. The van der Waals surface area contributed by atoms with Gasteiger partial charge in [0, 0.05) is 38.8 Å². The Bertz CT molecular complexity index is 877. The van der Waals surface area contributed by atoms with Crippen LogP contribution in [0.5, 0.6) is 0 Å². The van der Waals surface area contributed by atoms with Crippen molar-refractivity contribution in [3.05, 3.63) is 0 Å². The molecule has 1 rings (SSSR count). The highest BCUT2D eigenvalue weighted by atomic mass is 16.6. The quantitative estimate of drug-likeness (QED) is 0.0535. The molecule has 13 heteroatoms. The van der Waals surface area contributed by atoms with Crippen molar-refractivity contribution < 1.29 is 23.9 Å². The molecule has 1 saturated heterocycles. The zero-order chi connectivity index (χ0) is 28.9. The first kappa shape index (κ1) is 32.8. The fourth-order valence-corrected chi connectivity index (χ4v) is 4.12. The van der Waals surface area contributed by atoms with Gasteiger partial charge in [-0.25, -0.2) is 0 Å². The number of aliphatic imine (C=N–C) groups is 2. The second-order valence-corrected chi connectivity index (χ2v) is 10.6. The number of epoxide rings is 1. The molecule has 13 nitrogen and oxygen atoms in total. The highest BCUT2D eigenvalue weighted by molar-refractivity contribution is 5.94. The lowest BCUT2D eigenvalue weighted by Gasteiger charge is -2.25. The molecule has 0 aromatic rings. The smallest absolute Gasteiger partial charge is 0.224 e. The summed E-state index contributed by atoms with van der Waals surface area (Å²) in [6.45, 7) is 8.21. The second-order valence-electron chi connectivity index (χ2n) is 10.6. The van der Waals surface area contributed by atoms with Crippen molar-refractivity contribution in [1.29, 1.82) is 0 Å². The maximum atomic E-state index is 13.4. The molecule has 1 heterocycles. The summed E-state index contributed by atoms with van der Waals surface area (Å²) >= 11 is 0. The third-order valence-corrected chi connectivity index (χ3v) is 6.12. The minimum atomic E-state index is -0.770. The van der Waals surface area contributed by atoms with Crippen molar-refractivity contribution in [1.82, 2.24) is 10.6 Å². The summed E-state index contributed by atoms with van der Waals surface area (Å²) in [4.78, 5) is 59.2. The number of hydrogen-bond acceptors (Lipinski definition) is 7. The topological polar surface area (TPSA) is 234 Å². The van der Waals surface area contributed by atoms with Gasteiger partial charge in [0.25, 0.3) is 0 Å². The number of nitrogens with two attached hydrogens (primary N) is 4. The van der Waals surface area contributed by atoms with E-state index in [4.69, 9.17) is 27.7 Å². The van der Waals surface area contributed by atoms with Crippen molar-refractivity contribution in [3.63, 3.8) is 0 Å². The van der Waals surface area contributed by atoms with Crippen LogP contribution in [0.2, 0.25) is 0 Å². The molecule has 38 heavy (non-hydrogen) atoms. The van der Waals surface area contributed by atoms with Gasteiger partial charge >= 0.3 is 0 Å². The fourth-order valence-electron chi connectivity index (χ4n) is 4.12. The zero-order valence-electron chi connectivity index (χ0n) is 23.1. The number of carbonyl (C=O) groups is 4. The lowest BCUT2D eigenvalue weighted by molar-refractivity contribution is -0.134. The monoisotopic (exact) mass is 538 g/mol. The third kappa shape index (κ3) is 13.9. The highest BCUT2D eigenvalue weighted by Gasteiger charge is 2.43. The van der Waals surface area contributed by atoms with Gasteiger partial charge in [0.05, 0.1) is 24.3 Å². The Labute approximate surface area is 225 Å². The van der Waals surface area contributed by atoms with Crippen LogP contribution < -0.4 is 33.6 Å². The van der Waals surface area contributed by atoms with Gasteiger partial charge in [-0.1, -0.05) is 13.8 Å². The van der Waals surface area contributed by atoms with Gasteiger partial charge < -0.3 is 38.3 Å². The lowest BCUT2D eigenvalue weighted by Crippen LogP contribution is -2.47. The standard InChI is InChI=1S/C25H46N8O5/c1-15(2)11-17(12-20(35)18(32-16(3)34)7-5-9-30-23(26)27)22(37)33-19(8-6-10-31-24(28)29)21(36)13-25(4)14-38-25/h15,17-19H,5-14H2,1-4H3,(H,32,34)(H,33,37)(H4,26,27,30)(H4,28,29,31)/t17-,18+,19+,25+/m1/s1. The highest BCUT2D eigenvalue weighted by Crippen LogP contribution is 2.31. The van der Waals surface area contributed by atoms with Crippen LogP contribution in [0.1, 0.15) is 72.6 Å². The largest absolute Gasteiger partial charge is 0.370 e. The minimum absolute atomic E-state index is 0.0432. The molecule has 0 saturated carbocycles. The number of Topliss-reactive ketones (excluding diaryl/α,β-unsaturated/α-hetero) is 2. The summed E-state index contributed by atoms with van der Waals surface area (Å²) in [6, 6.07) is -1.53. The Hall–Kier alpha value is -3.22. The molecule has 0 unspecified atom stereocenters. The first-order valence-electron chi connectivity index (χ1n) is 13.1. The van der Waals surface area contributed by atoms with Crippen molar-refractivity contribution in [2.24, 2.45) is 44.8 Å². The van der Waals surface area contributed by atoms with E-state index in [0.717, 1.165) is 0 Å². The summed E-state index contributed by atoms with van der Waals surface area (Å²) in [7, 11) is 0. The van der Waals surface area contributed by atoms with E-state index in [1.165, 1.54) is 6.92 Å². The molecule has 10 N–H and O–H groups in total. The molecule has 0 aliphatic carbocycles. The van der Waals surface area contributed by atoms with E-state index in [-0.39, 0.29) is 54.1 Å². The first-order valence-corrected chi connectivity index (χ1v) is 13.1. The van der Waals surface area contributed by atoms with Crippen LogP contribution in [-0.4, -0.2) is 72.7 Å². The predicted octanol–water partition coefficient (Wildman–Crippen LogP) is -0.547. The van der Waals surface area contributed by atoms with Crippen LogP contribution >= 0.6 is 0 Å². The number of guanidine groups is 2. The molecule has 216 valence electrons. The summed E-state index contributed by atoms with van der Waals surface area (Å²) in [5.74, 6) is -1.78. The molecule has 0 aromatic carbocycles. The van der Waals surface area contributed by atoms with Crippen molar-refractivity contribution in [3.8, 4) is 0 Å². The number of rotatable bonds is 19. The maximum Gasteiger partial charge on any atom is 0.224 e. The van der Waals surface area contributed by atoms with Crippen LogP contribution in [0.4, 0.5) is 0 Å². The van der Waals surface area contributed by atoms with Crippen molar-refractivity contribution >= 4 is 35.3 Å². The summed E-state index contributed by atoms with van der Waals surface area (Å²) in [5.41, 5.74) is 20.9. The Morgan fingerprint density at radius 2 is 1.39 bits per heavy atom. The van der Waals surface area contributed by atoms with Gasteiger partial charge in [-0.2, -0.15) is 0 Å². The first-order chi connectivity index (χ1) is 17.7. The number of ether oxygens (including phenoxy) is 1. The number of nitrogens with zero attached hydrogens (tertiary/aromatic N) is 2.